The van der Waals surface area contributed by atoms with E-state index in [-0.39, 0.29) is 11.9 Å². The zero-order valence-corrected chi connectivity index (χ0v) is 10.9. The van der Waals surface area contributed by atoms with Crippen LogP contribution in [0.3, 0.4) is 0 Å². The monoisotopic (exact) mass is 289 g/mol. The highest BCUT2D eigenvalue weighted by atomic mass is 79.9. The van der Waals surface area contributed by atoms with Crippen molar-refractivity contribution >= 4 is 27.7 Å². The van der Waals surface area contributed by atoms with E-state index < -0.39 is 0 Å². The fraction of sp³-hybridized carbons (Fsp3) is 0.455. The number of hydrogen-bond acceptors (Lipinski definition) is 2. The second-order valence-corrected chi connectivity index (χ2v) is 6.20. The van der Waals surface area contributed by atoms with E-state index in [0.717, 1.165) is 27.8 Å². The van der Waals surface area contributed by atoms with Crippen molar-refractivity contribution < 1.29 is 4.39 Å². The van der Waals surface area contributed by atoms with Crippen LogP contribution in [-0.2, 0) is 5.75 Å². The third-order valence-corrected chi connectivity index (χ3v) is 4.62. The van der Waals surface area contributed by atoms with Crippen LogP contribution in [0, 0.1) is 5.82 Å². The van der Waals surface area contributed by atoms with Crippen LogP contribution >= 0.6 is 27.7 Å². The highest BCUT2D eigenvalue weighted by Gasteiger charge is 2.22. The SMILES string of the molecule is CC1C[C@@H](N)c2cc(F)cc(Br)c2CS1. The summed E-state index contributed by atoms with van der Waals surface area (Å²) in [5, 5.41) is 0.530. The van der Waals surface area contributed by atoms with Crippen molar-refractivity contribution in [3.63, 3.8) is 0 Å². The summed E-state index contributed by atoms with van der Waals surface area (Å²) >= 11 is 5.28. The summed E-state index contributed by atoms with van der Waals surface area (Å²) in [6, 6.07) is 3.04. The molecule has 0 aromatic heterocycles. The lowest BCUT2D eigenvalue weighted by atomic mass is 9.98. The van der Waals surface area contributed by atoms with Gasteiger partial charge in [-0.1, -0.05) is 22.9 Å². The van der Waals surface area contributed by atoms with Crippen molar-refractivity contribution in [3.8, 4) is 0 Å². The van der Waals surface area contributed by atoms with Gasteiger partial charge in [0.05, 0.1) is 0 Å². The molecule has 1 heterocycles. The van der Waals surface area contributed by atoms with E-state index in [2.05, 4.69) is 22.9 Å². The van der Waals surface area contributed by atoms with Gasteiger partial charge in [-0.3, -0.25) is 0 Å². The highest BCUT2D eigenvalue weighted by Crippen LogP contribution is 2.37. The second kappa shape index (κ2) is 4.44. The van der Waals surface area contributed by atoms with Crippen molar-refractivity contribution in [3.05, 3.63) is 33.5 Å². The Morgan fingerprint density at radius 2 is 2.27 bits per heavy atom. The molecular formula is C11H13BrFNS. The van der Waals surface area contributed by atoms with Crippen LogP contribution in [0.15, 0.2) is 16.6 Å². The number of rotatable bonds is 0. The van der Waals surface area contributed by atoms with Crippen LogP contribution in [0.25, 0.3) is 0 Å². The molecule has 0 saturated carbocycles. The van der Waals surface area contributed by atoms with Gasteiger partial charge in [-0.15, -0.1) is 0 Å². The Morgan fingerprint density at radius 1 is 1.53 bits per heavy atom. The molecule has 1 aliphatic heterocycles. The molecular weight excluding hydrogens is 277 g/mol. The normalized spacial score (nSPS) is 25.9. The molecule has 0 saturated heterocycles. The van der Waals surface area contributed by atoms with Gasteiger partial charge in [-0.05, 0) is 29.7 Å². The number of benzene rings is 1. The summed E-state index contributed by atoms with van der Waals surface area (Å²) in [4.78, 5) is 0. The number of fused-ring (bicyclic) bond motifs is 1. The summed E-state index contributed by atoms with van der Waals surface area (Å²) in [6.45, 7) is 2.17. The summed E-state index contributed by atoms with van der Waals surface area (Å²) in [5.74, 6) is 0.695. The minimum Gasteiger partial charge on any atom is -0.324 e. The molecule has 1 nitrogen and oxygen atoms in total. The average molecular weight is 290 g/mol. The fourth-order valence-electron chi connectivity index (χ4n) is 1.88. The maximum absolute atomic E-state index is 13.3. The molecule has 0 bridgehead atoms. The average Bonchev–Trinajstić information content (AvgIpc) is 2.27. The van der Waals surface area contributed by atoms with Crippen molar-refractivity contribution in [2.24, 2.45) is 5.73 Å². The summed E-state index contributed by atoms with van der Waals surface area (Å²) in [7, 11) is 0. The van der Waals surface area contributed by atoms with Gasteiger partial charge in [0.2, 0.25) is 0 Å². The van der Waals surface area contributed by atoms with E-state index in [0.29, 0.717) is 5.25 Å². The van der Waals surface area contributed by atoms with Crippen molar-refractivity contribution in [2.75, 3.05) is 0 Å². The van der Waals surface area contributed by atoms with E-state index in [9.17, 15) is 4.39 Å². The standard InChI is InChI=1S/C11H13BrFNS/c1-6-2-11(14)8-3-7(13)4-10(12)9(8)5-15-6/h3-4,6,11H,2,5,14H2,1H3/t6?,11-/m1/s1. The first-order valence-electron chi connectivity index (χ1n) is 4.93. The Labute approximate surface area is 102 Å². The molecule has 1 unspecified atom stereocenters. The summed E-state index contributed by atoms with van der Waals surface area (Å²) in [5.41, 5.74) is 8.18. The predicted molar refractivity (Wildman–Crippen MR) is 66.4 cm³/mol. The largest absolute Gasteiger partial charge is 0.324 e. The molecule has 1 aromatic rings. The number of hydrogen-bond donors (Lipinski definition) is 1. The Hall–Kier alpha value is -0.0600. The molecule has 2 N–H and O–H groups in total. The van der Waals surface area contributed by atoms with Gasteiger partial charge in [0.15, 0.2) is 0 Å². The first kappa shape index (κ1) is 11.4. The molecule has 0 radical (unpaired) electrons. The van der Waals surface area contributed by atoms with Crippen molar-refractivity contribution in [1.82, 2.24) is 0 Å². The summed E-state index contributed by atoms with van der Waals surface area (Å²) in [6.07, 6.45) is 0.910. The summed E-state index contributed by atoms with van der Waals surface area (Å²) < 4.78 is 14.1. The number of halogens is 2. The van der Waals surface area contributed by atoms with Gasteiger partial charge in [0.25, 0.3) is 0 Å². The highest BCUT2D eigenvalue weighted by molar-refractivity contribution is 9.10. The van der Waals surface area contributed by atoms with Crippen LogP contribution < -0.4 is 5.73 Å². The molecule has 4 heteroatoms. The lowest BCUT2D eigenvalue weighted by Gasteiger charge is -2.14. The van der Waals surface area contributed by atoms with Gasteiger partial charge < -0.3 is 5.73 Å². The van der Waals surface area contributed by atoms with Gasteiger partial charge in [-0.25, -0.2) is 4.39 Å². The lowest BCUT2D eigenvalue weighted by molar-refractivity contribution is 0.607. The maximum atomic E-state index is 13.3. The van der Waals surface area contributed by atoms with Crippen molar-refractivity contribution in [1.29, 1.82) is 0 Å². The Bertz CT molecular complexity index is 383. The molecule has 82 valence electrons. The molecule has 0 amide bonds. The quantitative estimate of drug-likeness (QED) is 0.790. The number of nitrogens with two attached hydrogens (primary N) is 1. The van der Waals surface area contributed by atoms with Crippen molar-refractivity contribution in [2.45, 2.75) is 30.4 Å². The molecule has 15 heavy (non-hydrogen) atoms. The van der Waals surface area contributed by atoms with E-state index >= 15 is 0 Å². The van der Waals surface area contributed by atoms with Crippen LogP contribution in [0.1, 0.15) is 30.5 Å². The molecule has 1 aromatic carbocycles. The molecule has 0 aliphatic carbocycles. The molecule has 0 fully saturated rings. The van der Waals surface area contributed by atoms with E-state index in [4.69, 9.17) is 5.73 Å². The van der Waals surface area contributed by atoms with E-state index in [1.54, 1.807) is 6.07 Å². The molecule has 2 atom stereocenters. The minimum absolute atomic E-state index is 0.0444. The first-order valence-corrected chi connectivity index (χ1v) is 6.77. The number of thioether (sulfide) groups is 1. The van der Waals surface area contributed by atoms with Crippen LogP contribution in [0.2, 0.25) is 0 Å². The predicted octanol–water partition coefficient (Wildman–Crippen LogP) is 3.61. The van der Waals surface area contributed by atoms with E-state index in [1.807, 2.05) is 11.8 Å². The zero-order valence-electron chi connectivity index (χ0n) is 8.47. The Kier molecular flexibility index (Phi) is 3.38. The topological polar surface area (TPSA) is 26.0 Å². The van der Waals surface area contributed by atoms with E-state index in [1.165, 1.54) is 6.07 Å². The smallest absolute Gasteiger partial charge is 0.124 e. The van der Waals surface area contributed by atoms with Crippen LogP contribution in [0.4, 0.5) is 4.39 Å². The third-order valence-electron chi connectivity index (χ3n) is 2.69. The van der Waals surface area contributed by atoms with Gasteiger partial charge in [0, 0.05) is 21.5 Å². The third kappa shape index (κ3) is 2.37. The van der Waals surface area contributed by atoms with Gasteiger partial charge >= 0.3 is 0 Å². The fourth-order valence-corrected chi connectivity index (χ4v) is 3.77. The van der Waals surface area contributed by atoms with Crippen LogP contribution in [0.5, 0.6) is 0 Å². The molecule has 0 spiro atoms. The maximum Gasteiger partial charge on any atom is 0.124 e. The second-order valence-electron chi connectivity index (χ2n) is 3.92. The first-order chi connectivity index (χ1) is 7.08. The zero-order chi connectivity index (χ0) is 11.0. The van der Waals surface area contributed by atoms with Crippen LogP contribution in [-0.4, -0.2) is 5.25 Å². The molecule has 1 aliphatic rings. The minimum atomic E-state index is -0.212. The van der Waals surface area contributed by atoms with Gasteiger partial charge in [0.1, 0.15) is 5.82 Å². The van der Waals surface area contributed by atoms with Gasteiger partial charge in [-0.2, -0.15) is 11.8 Å². The Balaban J connectivity index is 2.48. The molecule has 2 rings (SSSR count). The lowest BCUT2D eigenvalue weighted by Crippen LogP contribution is -2.14. The Morgan fingerprint density at radius 3 is 3.00 bits per heavy atom.